The zero-order valence-corrected chi connectivity index (χ0v) is 7.01. The second kappa shape index (κ2) is 9.84. The predicted octanol–water partition coefficient (Wildman–Crippen LogP) is -0.0735. The highest BCUT2D eigenvalue weighted by Gasteiger charge is 1.87. The van der Waals surface area contributed by atoms with E-state index in [1.807, 2.05) is 6.92 Å². The van der Waals surface area contributed by atoms with E-state index < -0.39 is 0 Å². The van der Waals surface area contributed by atoms with Crippen molar-refractivity contribution in [1.82, 2.24) is 5.48 Å². The van der Waals surface area contributed by atoms with Gasteiger partial charge >= 0.3 is 0 Å². The molecule has 11 heavy (non-hydrogen) atoms. The average Bonchev–Trinajstić information content (AvgIpc) is 2.03. The molecule has 2 N–H and O–H groups in total. The Morgan fingerprint density at radius 2 is 2.18 bits per heavy atom. The summed E-state index contributed by atoms with van der Waals surface area (Å²) in [5.41, 5.74) is 2.77. The molecule has 0 saturated heterocycles. The minimum atomic E-state index is 0.0961. The van der Waals surface area contributed by atoms with Gasteiger partial charge in [-0.05, 0) is 13.3 Å². The van der Waals surface area contributed by atoms with E-state index >= 15 is 0 Å². The lowest BCUT2D eigenvalue weighted by atomic mass is 10.5. The van der Waals surface area contributed by atoms with Crippen LogP contribution in [0.1, 0.15) is 13.3 Å². The first kappa shape index (κ1) is 10.8. The van der Waals surface area contributed by atoms with E-state index in [0.717, 1.165) is 13.0 Å². The molecule has 0 amide bonds. The normalized spacial score (nSPS) is 10.4. The Morgan fingerprint density at radius 3 is 2.82 bits per heavy atom. The van der Waals surface area contributed by atoms with Crippen molar-refractivity contribution in [1.29, 1.82) is 0 Å². The first-order valence-corrected chi connectivity index (χ1v) is 3.95. The first-order valence-electron chi connectivity index (χ1n) is 3.95. The third kappa shape index (κ3) is 9.84. The molecule has 0 saturated carbocycles. The lowest BCUT2D eigenvalue weighted by molar-refractivity contribution is 0.0388. The van der Waals surface area contributed by atoms with E-state index in [9.17, 15) is 0 Å². The minimum absolute atomic E-state index is 0.0961. The zero-order chi connectivity index (χ0) is 8.36. The quantitative estimate of drug-likeness (QED) is 0.388. The molecule has 0 aliphatic carbocycles. The van der Waals surface area contributed by atoms with Crippen LogP contribution in [0.3, 0.4) is 0 Å². The van der Waals surface area contributed by atoms with Crippen LogP contribution in [0.2, 0.25) is 0 Å². The van der Waals surface area contributed by atoms with Crippen LogP contribution >= 0.6 is 0 Å². The number of aliphatic hydroxyl groups is 1. The highest BCUT2D eigenvalue weighted by molar-refractivity contribution is 4.36. The molecule has 0 radical (unpaired) electrons. The largest absolute Gasteiger partial charge is 0.394 e. The summed E-state index contributed by atoms with van der Waals surface area (Å²) < 4.78 is 5.02. The van der Waals surface area contributed by atoms with E-state index in [1.165, 1.54) is 0 Å². The SMILES string of the molecule is CCONCCCOCCO. The number of ether oxygens (including phenoxy) is 1. The maximum atomic E-state index is 8.34. The Morgan fingerprint density at radius 1 is 1.36 bits per heavy atom. The van der Waals surface area contributed by atoms with Gasteiger partial charge in [0.15, 0.2) is 0 Å². The molecule has 0 rings (SSSR count). The van der Waals surface area contributed by atoms with Crippen LogP contribution in [-0.2, 0) is 9.57 Å². The summed E-state index contributed by atoms with van der Waals surface area (Å²) in [6.45, 7) is 4.58. The molecule has 0 aromatic carbocycles. The van der Waals surface area contributed by atoms with Gasteiger partial charge < -0.3 is 14.7 Å². The number of hydroxylamine groups is 1. The van der Waals surface area contributed by atoms with Gasteiger partial charge in [-0.25, -0.2) is 5.48 Å². The molecule has 4 nitrogen and oxygen atoms in total. The molecule has 0 aliphatic heterocycles. The minimum Gasteiger partial charge on any atom is -0.394 e. The molecule has 0 spiro atoms. The lowest BCUT2D eigenvalue weighted by Crippen LogP contribution is -2.17. The summed E-state index contributed by atoms with van der Waals surface area (Å²) in [6.07, 6.45) is 0.903. The van der Waals surface area contributed by atoms with Gasteiger partial charge in [-0.1, -0.05) is 0 Å². The van der Waals surface area contributed by atoms with Crippen molar-refractivity contribution in [3.63, 3.8) is 0 Å². The highest BCUT2D eigenvalue weighted by atomic mass is 16.6. The molecular formula is C7H17NO3. The van der Waals surface area contributed by atoms with Crippen molar-refractivity contribution in [2.45, 2.75) is 13.3 Å². The maximum absolute atomic E-state index is 8.34. The molecule has 0 atom stereocenters. The molecule has 0 fully saturated rings. The van der Waals surface area contributed by atoms with Gasteiger partial charge in [-0.2, -0.15) is 0 Å². The van der Waals surface area contributed by atoms with Gasteiger partial charge in [0.25, 0.3) is 0 Å². The van der Waals surface area contributed by atoms with E-state index in [0.29, 0.717) is 19.8 Å². The van der Waals surface area contributed by atoms with Crippen molar-refractivity contribution in [2.75, 3.05) is 33.0 Å². The van der Waals surface area contributed by atoms with E-state index in [1.54, 1.807) is 0 Å². The van der Waals surface area contributed by atoms with E-state index in [2.05, 4.69) is 5.48 Å². The Bertz CT molecular complexity index is 62.7. The maximum Gasteiger partial charge on any atom is 0.0697 e. The number of rotatable bonds is 8. The smallest absolute Gasteiger partial charge is 0.0697 e. The molecule has 68 valence electrons. The number of hydrogen-bond donors (Lipinski definition) is 2. The van der Waals surface area contributed by atoms with Crippen molar-refractivity contribution >= 4 is 0 Å². The lowest BCUT2D eigenvalue weighted by Gasteiger charge is -2.03. The third-order valence-electron chi connectivity index (χ3n) is 1.05. The third-order valence-corrected chi connectivity index (χ3v) is 1.05. The number of aliphatic hydroxyl groups excluding tert-OH is 1. The molecule has 0 aromatic rings. The summed E-state index contributed by atoms with van der Waals surface area (Å²) in [5.74, 6) is 0. The second-order valence-electron chi connectivity index (χ2n) is 2.02. The van der Waals surface area contributed by atoms with Gasteiger partial charge in [0, 0.05) is 13.2 Å². The van der Waals surface area contributed by atoms with Crippen molar-refractivity contribution in [2.24, 2.45) is 0 Å². The molecule has 0 bridgehead atoms. The van der Waals surface area contributed by atoms with Crippen LogP contribution in [-0.4, -0.2) is 38.1 Å². The molecule has 0 aliphatic rings. The van der Waals surface area contributed by atoms with E-state index in [-0.39, 0.29) is 6.61 Å². The van der Waals surface area contributed by atoms with E-state index in [4.69, 9.17) is 14.7 Å². The summed E-state index contributed by atoms with van der Waals surface area (Å²) in [4.78, 5) is 4.89. The Hall–Kier alpha value is -0.160. The number of hydrogen-bond acceptors (Lipinski definition) is 4. The molecule has 4 heteroatoms. The van der Waals surface area contributed by atoms with Crippen LogP contribution in [0, 0.1) is 0 Å². The van der Waals surface area contributed by atoms with Crippen LogP contribution in [0.5, 0.6) is 0 Å². The topological polar surface area (TPSA) is 50.7 Å². The molecule has 0 unspecified atom stereocenters. The molecular weight excluding hydrogens is 146 g/mol. The summed E-state index contributed by atoms with van der Waals surface area (Å²) in [7, 11) is 0. The summed E-state index contributed by atoms with van der Waals surface area (Å²) in [5, 5.41) is 8.34. The monoisotopic (exact) mass is 163 g/mol. The van der Waals surface area contributed by atoms with Crippen molar-refractivity contribution in [3.05, 3.63) is 0 Å². The predicted molar refractivity (Wildman–Crippen MR) is 42.2 cm³/mol. The highest BCUT2D eigenvalue weighted by Crippen LogP contribution is 1.80. The number of nitrogens with one attached hydrogen (secondary N) is 1. The van der Waals surface area contributed by atoms with Crippen LogP contribution < -0.4 is 5.48 Å². The Labute approximate surface area is 67.5 Å². The van der Waals surface area contributed by atoms with Gasteiger partial charge in [0.1, 0.15) is 0 Å². The van der Waals surface area contributed by atoms with Crippen LogP contribution in [0.25, 0.3) is 0 Å². The molecule has 0 aromatic heterocycles. The van der Waals surface area contributed by atoms with Crippen molar-refractivity contribution in [3.8, 4) is 0 Å². The van der Waals surface area contributed by atoms with Gasteiger partial charge in [0.05, 0.1) is 19.8 Å². The van der Waals surface area contributed by atoms with Gasteiger partial charge in [-0.3, -0.25) is 0 Å². The molecule has 0 heterocycles. The Kier molecular flexibility index (Phi) is 9.70. The van der Waals surface area contributed by atoms with Crippen LogP contribution in [0.15, 0.2) is 0 Å². The standard InChI is InChI=1S/C7H17NO3/c1-2-11-8-4-3-6-10-7-5-9/h8-9H,2-7H2,1H3. The summed E-state index contributed by atoms with van der Waals surface area (Å²) in [6, 6.07) is 0. The fourth-order valence-corrected chi connectivity index (χ4v) is 0.587. The van der Waals surface area contributed by atoms with Gasteiger partial charge in [0.2, 0.25) is 0 Å². The fourth-order valence-electron chi connectivity index (χ4n) is 0.587. The average molecular weight is 163 g/mol. The second-order valence-corrected chi connectivity index (χ2v) is 2.02. The van der Waals surface area contributed by atoms with Gasteiger partial charge in [-0.15, -0.1) is 0 Å². The first-order chi connectivity index (χ1) is 5.41. The Balaban J connectivity index is 2.69. The van der Waals surface area contributed by atoms with Crippen molar-refractivity contribution < 1.29 is 14.7 Å². The summed E-state index contributed by atoms with van der Waals surface area (Å²) >= 11 is 0. The fraction of sp³-hybridized carbons (Fsp3) is 1.00. The zero-order valence-electron chi connectivity index (χ0n) is 7.01. The van der Waals surface area contributed by atoms with Crippen LogP contribution in [0.4, 0.5) is 0 Å².